The van der Waals surface area contributed by atoms with E-state index in [4.69, 9.17) is 10.8 Å². The lowest BCUT2D eigenvalue weighted by Crippen LogP contribution is -1.81. The van der Waals surface area contributed by atoms with Gasteiger partial charge in [-0.15, -0.1) is 0 Å². The highest BCUT2D eigenvalue weighted by Crippen LogP contribution is 2.24. The second-order valence-electron chi connectivity index (χ2n) is 2.78. The van der Waals surface area contributed by atoms with E-state index >= 15 is 0 Å². The van der Waals surface area contributed by atoms with E-state index < -0.39 is 11.6 Å². The standard InChI is InChI=1S/C9H7FN2O2/c10-6-3-5(1-2-8(6)13)7-4-9(11)14-12-7/h1-4,13H,11H2. The molecule has 2 aromatic rings. The first-order valence-corrected chi connectivity index (χ1v) is 3.88. The van der Waals surface area contributed by atoms with Crippen molar-refractivity contribution in [1.29, 1.82) is 0 Å². The van der Waals surface area contributed by atoms with Crippen LogP contribution in [-0.2, 0) is 0 Å². The van der Waals surface area contributed by atoms with Gasteiger partial charge in [-0.05, 0) is 18.2 Å². The second kappa shape index (κ2) is 3.02. The van der Waals surface area contributed by atoms with Crippen molar-refractivity contribution < 1.29 is 14.0 Å². The predicted molar refractivity (Wildman–Crippen MR) is 48.0 cm³/mol. The van der Waals surface area contributed by atoms with Crippen molar-refractivity contribution in [2.75, 3.05) is 5.73 Å². The van der Waals surface area contributed by atoms with E-state index in [0.29, 0.717) is 11.3 Å². The third kappa shape index (κ3) is 1.39. The lowest BCUT2D eigenvalue weighted by Gasteiger charge is -1.97. The molecule has 0 aliphatic carbocycles. The van der Waals surface area contributed by atoms with Crippen LogP contribution in [0.15, 0.2) is 28.8 Å². The fraction of sp³-hybridized carbons (Fsp3) is 0. The molecular formula is C9H7FN2O2. The normalized spacial score (nSPS) is 10.4. The van der Waals surface area contributed by atoms with Crippen molar-refractivity contribution in [2.24, 2.45) is 0 Å². The maximum Gasteiger partial charge on any atom is 0.222 e. The molecule has 0 spiro atoms. The van der Waals surface area contributed by atoms with Gasteiger partial charge in [-0.3, -0.25) is 0 Å². The Morgan fingerprint density at radius 1 is 1.36 bits per heavy atom. The van der Waals surface area contributed by atoms with Crippen LogP contribution in [-0.4, -0.2) is 10.3 Å². The van der Waals surface area contributed by atoms with Gasteiger partial charge < -0.3 is 15.4 Å². The number of hydrogen-bond donors (Lipinski definition) is 2. The number of nitrogens with zero attached hydrogens (tertiary/aromatic N) is 1. The first kappa shape index (κ1) is 8.55. The highest BCUT2D eigenvalue weighted by atomic mass is 19.1. The minimum Gasteiger partial charge on any atom is -0.505 e. The Labute approximate surface area is 78.8 Å². The summed E-state index contributed by atoms with van der Waals surface area (Å²) in [4.78, 5) is 0. The van der Waals surface area contributed by atoms with Gasteiger partial charge in [0.2, 0.25) is 5.88 Å². The van der Waals surface area contributed by atoms with Gasteiger partial charge in [0.25, 0.3) is 0 Å². The Morgan fingerprint density at radius 3 is 2.71 bits per heavy atom. The van der Waals surface area contributed by atoms with E-state index in [0.717, 1.165) is 6.07 Å². The highest BCUT2D eigenvalue weighted by Gasteiger charge is 2.07. The van der Waals surface area contributed by atoms with Crippen molar-refractivity contribution in [3.05, 3.63) is 30.1 Å². The molecule has 0 aliphatic heterocycles. The van der Waals surface area contributed by atoms with E-state index in [1.54, 1.807) is 0 Å². The molecule has 3 N–H and O–H groups in total. The van der Waals surface area contributed by atoms with Crippen LogP contribution >= 0.6 is 0 Å². The number of aromatic nitrogens is 1. The number of halogens is 1. The molecule has 0 fully saturated rings. The van der Waals surface area contributed by atoms with Gasteiger partial charge in [-0.25, -0.2) is 4.39 Å². The summed E-state index contributed by atoms with van der Waals surface area (Å²) in [5, 5.41) is 12.6. The summed E-state index contributed by atoms with van der Waals surface area (Å²) < 4.78 is 17.6. The van der Waals surface area contributed by atoms with E-state index in [9.17, 15) is 4.39 Å². The predicted octanol–water partition coefficient (Wildman–Crippen LogP) is 1.77. The number of phenols is 1. The quantitative estimate of drug-likeness (QED) is 0.725. The highest BCUT2D eigenvalue weighted by molar-refractivity contribution is 5.62. The second-order valence-corrected chi connectivity index (χ2v) is 2.78. The summed E-state index contributed by atoms with van der Waals surface area (Å²) in [6.45, 7) is 0. The number of phenolic OH excluding ortho intramolecular Hbond substituents is 1. The zero-order valence-corrected chi connectivity index (χ0v) is 7.07. The number of aromatic hydroxyl groups is 1. The number of anilines is 1. The molecule has 0 radical (unpaired) electrons. The summed E-state index contributed by atoms with van der Waals surface area (Å²) in [5.41, 5.74) is 6.24. The molecule has 1 heterocycles. The minimum absolute atomic E-state index is 0.161. The first-order chi connectivity index (χ1) is 6.66. The molecule has 1 aromatic heterocycles. The van der Waals surface area contributed by atoms with Crippen LogP contribution in [0.5, 0.6) is 5.75 Å². The molecule has 0 saturated carbocycles. The molecule has 0 aliphatic rings. The Kier molecular flexibility index (Phi) is 1.85. The molecule has 14 heavy (non-hydrogen) atoms. The molecule has 2 rings (SSSR count). The molecule has 0 amide bonds. The van der Waals surface area contributed by atoms with Gasteiger partial charge in [-0.2, -0.15) is 0 Å². The topological polar surface area (TPSA) is 72.3 Å². The summed E-state index contributed by atoms with van der Waals surface area (Å²) in [6, 6.07) is 5.41. The zero-order chi connectivity index (χ0) is 10.1. The van der Waals surface area contributed by atoms with Gasteiger partial charge in [0.05, 0.1) is 0 Å². The fourth-order valence-electron chi connectivity index (χ4n) is 1.09. The Hall–Kier alpha value is -2.04. The Morgan fingerprint density at radius 2 is 2.14 bits per heavy atom. The number of rotatable bonds is 1. The third-order valence-corrected chi connectivity index (χ3v) is 1.77. The molecule has 72 valence electrons. The Bertz CT molecular complexity index is 468. The summed E-state index contributed by atoms with van der Waals surface area (Å²) in [5.74, 6) is -0.942. The van der Waals surface area contributed by atoms with Crippen LogP contribution < -0.4 is 5.73 Å². The van der Waals surface area contributed by atoms with Gasteiger partial charge >= 0.3 is 0 Å². The van der Waals surface area contributed by atoms with E-state index in [1.807, 2.05) is 0 Å². The van der Waals surface area contributed by atoms with Crippen LogP contribution in [0, 0.1) is 5.82 Å². The first-order valence-electron chi connectivity index (χ1n) is 3.88. The lowest BCUT2D eigenvalue weighted by atomic mass is 10.1. The van der Waals surface area contributed by atoms with Crippen molar-refractivity contribution in [2.45, 2.75) is 0 Å². The smallest absolute Gasteiger partial charge is 0.222 e. The average molecular weight is 194 g/mol. The van der Waals surface area contributed by atoms with Gasteiger partial charge in [0.1, 0.15) is 5.69 Å². The maximum atomic E-state index is 12.9. The zero-order valence-electron chi connectivity index (χ0n) is 7.07. The molecule has 0 atom stereocenters. The van der Waals surface area contributed by atoms with Gasteiger partial charge in [0, 0.05) is 11.6 Å². The van der Waals surface area contributed by atoms with Crippen molar-refractivity contribution in [3.8, 4) is 17.0 Å². The van der Waals surface area contributed by atoms with E-state index in [-0.39, 0.29) is 5.88 Å². The number of nitrogens with two attached hydrogens (primary N) is 1. The van der Waals surface area contributed by atoms with Crippen LogP contribution in [0.2, 0.25) is 0 Å². The van der Waals surface area contributed by atoms with E-state index in [1.165, 1.54) is 18.2 Å². The molecule has 1 aromatic carbocycles. The summed E-state index contributed by atoms with van der Waals surface area (Å²) >= 11 is 0. The van der Waals surface area contributed by atoms with Gasteiger partial charge in [0.15, 0.2) is 11.6 Å². The monoisotopic (exact) mass is 194 g/mol. The largest absolute Gasteiger partial charge is 0.505 e. The van der Waals surface area contributed by atoms with Crippen LogP contribution in [0.1, 0.15) is 0 Å². The average Bonchev–Trinajstić information content (AvgIpc) is 2.57. The lowest BCUT2D eigenvalue weighted by molar-refractivity contribution is 0.431. The minimum atomic E-state index is -0.705. The Balaban J connectivity index is 2.47. The molecule has 0 bridgehead atoms. The van der Waals surface area contributed by atoms with Crippen molar-refractivity contribution >= 4 is 5.88 Å². The SMILES string of the molecule is Nc1cc(-c2ccc(O)c(F)c2)no1. The molecular weight excluding hydrogens is 187 g/mol. The van der Waals surface area contributed by atoms with Crippen LogP contribution in [0.25, 0.3) is 11.3 Å². The molecule has 4 nitrogen and oxygen atoms in total. The van der Waals surface area contributed by atoms with Crippen molar-refractivity contribution in [3.63, 3.8) is 0 Å². The van der Waals surface area contributed by atoms with E-state index in [2.05, 4.69) is 9.68 Å². The molecule has 0 unspecified atom stereocenters. The third-order valence-electron chi connectivity index (χ3n) is 1.77. The maximum absolute atomic E-state index is 12.9. The molecule has 0 saturated heterocycles. The van der Waals surface area contributed by atoms with Crippen molar-refractivity contribution in [1.82, 2.24) is 5.16 Å². The number of benzene rings is 1. The summed E-state index contributed by atoms with van der Waals surface area (Å²) in [6.07, 6.45) is 0. The summed E-state index contributed by atoms with van der Waals surface area (Å²) in [7, 11) is 0. The molecule has 5 heteroatoms. The van der Waals surface area contributed by atoms with Crippen LogP contribution in [0.3, 0.4) is 0 Å². The van der Waals surface area contributed by atoms with Gasteiger partial charge in [-0.1, -0.05) is 5.16 Å². The number of nitrogen functional groups attached to an aromatic ring is 1. The number of hydrogen-bond acceptors (Lipinski definition) is 4. The fourth-order valence-corrected chi connectivity index (χ4v) is 1.09. The van der Waals surface area contributed by atoms with Crippen LogP contribution in [0.4, 0.5) is 10.3 Å².